The van der Waals surface area contributed by atoms with Crippen LogP contribution in [0.2, 0.25) is 0 Å². The van der Waals surface area contributed by atoms with E-state index in [1.165, 1.54) is 12.8 Å². The Labute approximate surface area is 78.2 Å². The van der Waals surface area contributed by atoms with Crippen molar-refractivity contribution in [2.45, 2.75) is 31.7 Å². The van der Waals surface area contributed by atoms with Crippen LogP contribution in [0.15, 0.2) is 0 Å². The first-order valence-electron chi connectivity index (χ1n) is 5.08. The Balaban J connectivity index is 2.09. The van der Waals surface area contributed by atoms with Crippen molar-refractivity contribution in [1.82, 2.24) is 10.9 Å². The Morgan fingerprint density at radius 1 is 1.38 bits per heavy atom. The molecule has 3 unspecified atom stereocenters. The van der Waals surface area contributed by atoms with Crippen LogP contribution in [0.1, 0.15) is 25.7 Å². The summed E-state index contributed by atoms with van der Waals surface area (Å²) in [7, 11) is 0. The van der Waals surface area contributed by atoms with Gasteiger partial charge in [-0.05, 0) is 18.8 Å². The van der Waals surface area contributed by atoms with Crippen LogP contribution in [0, 0.1) is 11.8 Å². The lowest BCUT2D eigenvalue weighted by atomic mass is 9.74. The van der Waals surface area contributed by atoms with Gasteiger partial charge in [-0.2, -0.15) is 0 Å². The van der Waals surface area contributed by atoms with Crippen molar-refractivity contribution in [1.29, 1.82) is 0 Å². The SMILES string of the molecule is NCC1NNC(=O)C2CCCCC12. The molecule has 4 N–H and O–H groups in total. The zero-order chi connectivity index (χ0) is 9.26. The fourth-order valence-electron chi connectivity index (χ4n) is 2.56. The van der Waals surface area contributed by atoms with Crippen LogP contribution in [0.3, 0.4) is 0 Å². The van der Waals surface area contributed by atoms with E-state index in [0.717, 1.165) is 12.8 Å². The molecule has 4 heteroatoms. The Bertz CT molecular complexity index is 207. The lowest BCUT2D eigenvalue weighted by molar-refractivity contribution is -0.133. The fraction of sp³-hybridized carbons (Fsp3) is 0.889. The number of nitrogens with one attached hydrogen (secondary N) is 2. The summed E-state index contributed by atoms with van der Waals surface area (Å²) in [5.41, 5.74) is 11.3. The molecule has 1 amide bonds. The van der Waals surface area contributed by atoms with Crippen molar-refractivity contribution in [2.24, 2.45) is 17.6 Å². The minimum Gasteiger partial charge on any atom is -0.329 e. The Kier molecular flexibility index (Phi) is 2.51. The Hall–Kier alpha value is -0.610. The van der Waals surface area contributed by atoms with Gasteiger partial charge in [-0.1, -0.05) is 12.8 Å². The average molecular weight is 183 g/mol. The van der Waals surface area contributed by atoms with Gasteiger partial charge in [0.05, 0.1) is 0 Å². The van der Waals surface area contributed by atoms with E-state index in [9.17, 15) is 4.79 Å². The fourth-order valence-corrected chi connectivity index (χ4v) is 2.56. The third kappa shape index (κ3) is 1.56. The summed E-state index contributed by atoms with van der Waals surface area (Å²) in [5.74, 6) is 0.838. The topological polar surface area (TPSA) is 67.2 Å². The number of hydrogen-bond acceptors (Lipinski definition) is 3. The second-order valence-corrected chi connectivity index (χ2v) is 4.03. The van der Waals surface area contributed by atoms with Crippen molar-refractivity contribution in [3.8, 4) is 0 Å². The van der Waals surface area contributed by atoms with Gasteiger partial charge in [0.1, 0.15) is 0 Å². The minimum absolute atomic E-state index is 0.161. The van der Waals surface area contributed by atoms with Gasteiger partial charge >= 0.3 is 0 Å². The van der Waals surface area contributed by atoms with Gasteiger partial charge in [-0.15, -0.1) is 0 Å². The first-order chi connectivity index (χ1) is 6.33. The summed E-state index contributed by atoms with van der Waals surface area (Å²) in [4.78, 5) is 11.5. The Morgan fingerprint density at radius 2 is 2.15 bits per heavy atom. The molecule has 13 heavy (non-hydrogen) atoms. The molecular formula is C9H17N3O. The molecule has 1 saturated heterocycles. The molecule has 1 aliphatic heterocycles. The molecule has 1 heterocycles. The summed E-state index contributed by atoms with van der Waals surface area (Å²) in [6, 6.07) is 0.281. The maximum absolute atomic E-state index is 11.5. The van der Waals surface area contributed by atoms with E-state index in [4.69, 9.17) is 5.73 Å². The molecule has 1 saturated carbocycles. The molecule has 0 spiro atoms. The van der Waals surface area contributed by atoms with Gasteiger partial charge in [0.15, 0.2) is 0 Å². The lowest BCUT2D eigenvalue weighted by Crippen LogP contribution is -2.61. The molecule has 0 aromatic rings. The van der Waals surface area contributed by atoms with Gasteiger partial charge < -0.3 is 5.73 Å². The molecule has 2 fully saturated rings. The van der Waals surface area contributed by atoms with Crippen molar-refractivity contribution >= 4 is 5.91 Å². The molecule has 0 aromatic heterocycles. The van der Waals surface area contributed by atoms with Crippen LogP contribution in [0.25, 0.3) is 0 Å². The highest BCUT2D eigenvalue weighted by molar-refractivity contribution is 5.79. The average Bonchev–Trinajstić information content (AvgIpc) is 2.19. The number of hydrazine groups is 1. The maximum Gasteiger partial charge on any atom is 0.237 e. The number of nitrogens with two attached hydrogens (primary N) is 1. The van der Waals surface area contributed by atoms with Crippen molar-refractivity contribution in [3.05, 3.63) is 0 Å². The molecule has 4 nitrogen and oxygen atoms in total. The minimum atomic E-state index is 0.161. The van der Waals surface area contributed by atoms with Crippen molar-refractivity contribution < 1.29 is 4.79 Å². The van der Waals surface area contributed by atoms with Gasteiger partial charge in [0.25, 0.3) is 0 Å². The molecule has 1 aliphatic carbocycles. The van der Waals surface area contributed by atoms with E-state index in [2.05, 4.69) is 10.9 Å². The standard InChI is InChI=1S/C9H17N3O/c10-5-8-6-3-1-2-4-7(6)9(13)12-11-8/h6-8,11H,1-5,10H2,(H,12,13). The van der Waals surface area contributed by atoms with Gasteiger partial charge in [0.2, 0.25) is 5.91 Å². The molecule has 0 radical (unpaired) electrons. The number of amides is 1. The van der Waals surface area contributed by atoms with Gasteiger partial charge in [0, 0.05) is 18.5 Å². The predicted molar refractivity (Wildman–Crippen MR) is 49.6 cm³/mol. The second-order valence-electron chi connectivity index (χ2n) is 4.03. The normalized spacial score (nSPS) is 39.5. The molecule has 0 aromatic carbocycles. The number of hydrogen-bond donors (Lipinski definition) is 3. The van der Waals surface area contributed by atoms with Crippen LogP contribution >= 0.6 is 0 Å². The number of rotatable bonds is 1. The van der Waals surface area contributed by atoms with Crippen LogP contribution in [0.4, 0.5) is 0 Å². The van der Waals surface area contributed by atoms with Gasteiger partial charge in [-0.25, -0.2) is 5.43 Å². The van der Waals surface area contributed by atoms with E-state index in [1.54, 1.807) is 0 Å². The summed E-state index contributed by atoms with van der Waals surface area (Å²) in [6.07, 6.45) is 4.61. The highest BCUT2D eigenvalue weighted by atomic mass is 16.2. The summed E-state index contributed by atoms with van der Waals surface area (Å²) in [6.45, 7) is 0.613. The van der Waals surface area contributed by atoms with Gasteiger partial charge in [-0.3, -0.25) is 10.2 Å². The largest absolute Gasteiger partial charge is 0.329 e. The van der Waals surface area contributed by atoms with Crippen LogP contribution < -0.4 is 16.6 Å². The Morgan fingerprint density at radius 3 is 2.92 bits per heavy atom. The molecule has 74 valence electrons. The molecule has 2 aliphatic rings. The first kappa shape index (κ1) is 8.97. The number of carbonyl (C=O) groups is 1. The van der Waals surface area contributed by atoms with Crippen LogP contribution in [-0.4, -0.2) is 18.5 Å². The predicted octanol–water partition coefficient (Wildman–Crippen LogP) is -0.246. The zero-order valence-electron chi connectivity index (χ0n) is 7.75. The maximum atomic E-state index is 11.5. The zero-order valence-corrected chi connectivity index (χ0v) is 7.75. The van der Waals surface area contributed by atoms with Crippen LogP contribution in [-0.2, 0) is 4.79 Å². The molecular weight excluding hydrogens is 166 g/mol. The van der Waals surface area contributed by atoms with E-state index < -0.39 is 0 Å². The monoisotopic (exact) mass is 183 g/mol. The third-order valence-corrected chi connectivity index (χ3v) is 3.31. The summed E-state index contributed by atoms with van der Waals surface area (Å²) >= 11 is 0. The highest BCUT2D eigenvalue weighted by Crippen LogP contribution is 2.33. The van der Waals surface area contributed by atoms with Crippen LogP contribution in [0.5, 0.6) is 0 Å². The summed E-state index contributed by atoms with van der Waals surface area (Å²) < 4.78 is 0. The third-order valence-electron chi connectivity index (χ3n) is 3.31. The van der Waals surface area contributed by atoms with Crippen molar-refractivity contribution in [2.75, 3.05) is 6.54 Å². The molecule has 2 rings (SSSR count). The second kappa shape index (κ2) is 3.64. The van der Waals surface area contributed by atoms with E-state index >= 15 is 0 Å². The van der Waals surface area contributed by atoms with E-state index in [0.29, 0.717) is 12.5 Å². The highest BCUT2D eigenvalue weighted by Gasteiger charge is 2.38. The number of fused-ring (bicyclic) bond motifs is 1. The van der Waals surface area contributed by atoms with E-state index in [1.807, 2.05) is 0 Å². The molecule has 3 atom stereocenters. The first-order valence-corrected chi connectivity index (χ1v) is 5.08. The quantitative estimate of drug-likeness (QED) is 0.525. The molecule has 0 bridgehead atoms. The summed E-state index contributed by atoms with van der Waals surface area (Å²) in [5, 5.41) is 0. The van der Waals surface area contributed by atoms with Crippen molar-refractivity contribution in [3.63, 3.8) is 0 Å². The lowest BCUT2D eigenvalue weighted by Gasteiger charge is -2.40. The number of carbonyl (C=O) groups excluding carboxylic acids is 1. The smallest absolute Gasteiger partial charge is 0.237 e. The van der Waals surface area contributed by atoms with E-state index in [-0.39, 0.29) is 17.9 Å².